The van der Waals surface area contributed by atoms with E-state index in [0.29, 0.717) is 12.6 Å². The van der Waals surface area contributed by atoms with Gasteiger partial charge in [0, 0.05) is 38.3 Å². The molecule has 0 aliphatic carbocycles. The lowest BCUT2D eigenvalue weighted by atomic mass is 10.1. The number of nitrogens with zero attached hydrogens (tertiary/aromatic N) is 2. The van der Waals surface area contributed by atoms with Crippen molar-refractivity contribution in [1.29, 1.82) is 0 Å². The van der Waals surface area contributed by atoms with E-state index in [1.54, 1.807) is 0 Å². The van der Waals surface area contributed by atoms with E-state index in [1.807, 2.05) is 6.92 Å². The van der Waals surface area contributed by atoms with Crippen LogP contribution in [0, 0.1) is 0 Å². The van der Waals surface area contributed by atoms with Crippen LogP contribution in [0.25, 0.3) is 0 Å². The average molecular weight is 285 g/mol. The Bertz CT molecular complexity index is 297. The van der Waals surface area contributed by atoms with Gasteiger partial charge in [0.1, 0.15) is 6.04 Å². The average Bonchev–Trinajstić information content (AvgIpc) is 2.38. The lowest BCUT2D eigenvalue weighted by molar-refractivity contribution is -0.146. The lowest BCUT2D eigenvalue weighted by Crippen LogP contribution is -2.56. The fourth-order valence-electron chi connectivity index (χ4n) is 2.80. The van der Waals surface area contributed by atoms with Crippen LogP contribution in [-0.4, -0.2) is 73.2 Å². The number of nitrogens with one attached hydrogen (secondary N) is 1. The normalized spacial score (nSPS) is 23.0. The fraction of sp³-hybridized carbons (Fsp3) is 0.933. The van der Waals surface area contributed by atoms with E-state index >= 15 is 0 Å². The Labute approximate surface area is 123 Å². The van der Waals surface area contributed by atoms with Crippen molar-refractivity contribution in [2.45, 2.75) is 52.7 Å². The highest BCUT2D eigenvalue weighted by molar-refractivity contribution is 5.76. The molecular formula is C15H31N3O2. The van der Waals surface area contributed by atoms with Gasteiger partial charge >= 0.3 is 5.97 Å². The highest BCUT2D eigenvalue weighted by atomic mass is 16.5. The van der Waals surface area contributed by atoms with Crippen LogP contribution in [0.15, 0.2) is 0 Å². The van der Waals surface area contributed by atoms with Crippen LogP contribution in [0.3, 0.4) is 0 Å². The first-order valence-corrected chi connectivity index (χ1v) is 7.87. The number of rotatable bonds is 7. The molecule has 1 aliphatic heterocycles. The van der Waals surface area contributed by atoms with Gasteiger partial charge in [0.15, 0.2) is 0 Å². The van der Waals surface area contributed by atoms with E-state index < -0.39 is 0 Å². The van der Waals surface area contributed by atoms with E-state index in [0.717, 1.165) is 32.7 Å². The van der Waals surface area contributed by atoms with Gasteiger partial charge in [-0.15, -0.1) is 0 Å². The monoisotopic (exact) mass is 285 g/mol. The molecule has 5 heteroatoms. The summed E-state index contributed by atoms with van der Waals surface area (Å²) in [5, 5.41) is 3.32. The molecule has 1 N–H and O–H groups in total. The van der Waals surface area contributed by atoms with Crippen molar-refractivity contribution in [2.24, 2.45) is 0 Å². The molecule has 0 radical (unpaired) electrons. The smallest absolute Gasteiger partial charge is 0.324 e. The molecule has 0 bridgehead atoms. The van der Waals surface area contributed by atoms with Crippen LogP contribution in [-0.2, 0) is 9.53 Å². The maximum Gasteiger partial charge on any atom is 0.324 e. The Morgan fingerprint density at radius 1 is 1.35 bits per heavy atom. The van der Waals surface area contributed by atoms with Crippen molar-refractivity contribution in [3.63, 3.8) is 0 Å². The van der Waals surface area contributed by atoms with Gasteiger partial charge in [-0.25, -0.2) is 0 Å². The zero-order valence-corrected chi connectivity index (χ0v) is 13.7. The van der Waals surface area contributed by atoms with Gasteiger partial charge < -0.3 is 10.1 Å². The quantitative estimate of drug-likeness (QED) is 0.705. The molecule has 1 aliphatic rings. The Balaban J connectivity index is 2.54. The molecule has 1 fully saturated rings. The minimum absolute atomic E-state index is 0.133. The molecule has 0 saturated carbocycles. The molecule has 118 valence electrons. The Morgan fingerprint density at radius 2 is 2.05 bits per heavy atom. The van der Waals surface area contributed by atoms with Gasteiger partial charge in [0.2, 0.25) is 0 Å². The number of carbonyl (C=O) groups is 1. The molecule has 1 heterocycles. The van der Waals surface area contributed by atoms with Crippen LogP contribution in [0.2, 0.25) is 0 Å². The molecule has 5 nitrogen and oxygen atoms in total. The largest absolute Gasteiger partial charge is 0.465 e. The summed E-state index contributed by atoms with van der Waals surface area (Å²) in [5.41, 5.74) is 0. The minimum atomic E-state index is -0.227. The van der Waals surface area contributed by atoms with Crippen LogP contribution in [0.4, 0.5) is 0 Å². The number of esters is 1. The third kappa shape index (κ3) is 5.38. The second-order valence-corrected chi connectivity index (χ2v) is 5.86. The van der Waals surface area contributed by atoms with E-state index in [9.17, 15) is 4.79 Å². The summed E-state index contributed by atoms with van der Waals surface area (Å²) in [7, 11) is 0. The Kier molecular flexibility index (Phi) is 7.48. The van der Waals surface area contributed by atoms with Gasteiger partial charge in [-0.05, 0) is 20.4 Å². The SMILES string of the molecule is CCOC(=O)C(CN1CCN(CC)C(C)C1)NC(C)C. The summed E-state index contributed by atoms with van der Waals surface area (Å²) in [5.74, 6) is -0.133. The van der Waals surface area contributed by atoms with E-state index in [1.165, 1.54) is 0 Å². The van der Waals surface area contributed by atoms with Gasteiger partial charge in [0.05, 0.1) is 6.61 Å². The fourth-order valence-corrected chi connectivity index (χ4v) is 2.80. The number of hydrogen-bond donors (Lipinski definition) is 1. The third-order valence-corrected chi connectivity index (χ3v) is 3.80. The molecule has 0 spiro atoms. The highest BCUT2D eigenvalue weighted by Gasteiger charge is 2.28. The summed E-state index contributed by atoms with van der Waals surface area (Å²) in [6.45, 7) is 15.8. The molecule has 20 heavy (non-hydrogen) atoms. The number of likely N-dealkylation sites (N-methyl/N-ethyl adjacent to an activating group) is 1. The summed E-state index contributed by atoms with van der Waals surface area (Å²) < 4.78 is 5.18. The predicted octanol–water partition coefficient (Wildman–Crippen LogP) is 0.942. The van der Waals surface area contributed by atoms with Gasteiger partial charge in [-0.3, -0.25) is 14.6 Å². The lowest BCUT2D eigenvalue weighted by Gasteiger charge is -2.40. The molecule has 0 amide bonds. The minimum Gasteiger partial charge on any atom is -0.465 e. The van der Waals surface area contributed by atoms with Crippen LogP contribution >= 0.6 is 0 Å². The van der Waals surface area contributed by atoms with Crippen LogP contribution in [0.1, 0.15) is 34.6 Å². The molecule has 2 atom stereocenters. The zero-order chi connectivity index (χ0) is 15.1. The van der Waals surface area contributed by atoms with Gasteiger partial charge in [-0.2, -0.15) is 0 Å². The molecule has 1 saturated heterocycles. The standard InChI is InChI=1S/C15H31N3O2/c1-6-18-9-8-17(10-13(18)5)11-14(16-12(3)4)15(19)20-7-2/h12-14,16H,6-11H2,1-5H3. The van der Waals surface area contributed by atoms with Crippen LogP contribution < -0.4 is 5.32 Å². The first kappa shape index (κ1) is 17.4. The maximum absolute atomic E-state index is 12.0. The molecule has 0 aromatic heterocycles. The highest BCUT2D eigenvalue weighted by Crippen LogP contribution is 2.10. The van der Waals surface area contributed by atoms with Crippen molar-refractivity contribution in [3.8, 4) is 0 Å². The predicted molar refractivity (Wildman–Crippen MR) is 81.8 cm³/mol. The van der Waals surface area contributed by atoms with E-state index in [4.69, 9.17) is 4.74 Å². The van der Waals surface area contributed by atoms with Gasteiger partial charge in [-0.1, -0.05) is 20.8 Å². The Morgan fingerprint density at radius 3 is 2.55 bits per heavy atom. The van der Waals surface area contributed by atoms with Crippen LogP contribution in [0.5, 0.6) is 0 Å². The maximum atomic E-state index is 12.0. The molecule has 0 aromatic rings. The van der Waals surface area contributed by atoms with Gasteiger partial charge in [0.25, 0.3) is 0 Å². The topological polar surface area (TPSA) is 44.8 Å². The second kappa shape index (κ2) is 8.60. The van der Waals surface area contributed by atoms with Crippen molar-refractivity contribution in [3.05, 3.63) is 0 Å². The second-order valence-electron chi connectivity index (χ2n) is 5.86. The summed E-state index contributed by atoms with van der Waals surface area (Å²) in [4.78, 5) is 16.9. The molecular weight excluding hydrogens is 254 g/mol. The van der Waals surface area contributed by atoms with Crippen molar-refractivity contribution in [2.75, 3.05) is 39.3 Å². The number of hydrogen-bond acceptors (Lipinski definition) is 5. The first-order chi connectivity index (χ1) is 9.47. The van der Waals surface area contributed by atoms with E-state index in [2.05, 4.69) is 42.8 Å². The first-order valence-electron chi connectivity index (χ1n) is 7.87. The van der Waals surface area contributed by atoms with Crippen molar-refractivity contribution >= 4 is 5.97 Å². The van der Waals surface area contributed by atoms with E-state index in [-0.39, 0.29) is 18.1 Å². The third-order valence-electron chi connectivity index (χ3n) is 3.80. The molecule has 2 unspecified atom stereocenters. The summed E-state index contributed by atoms with van der Waals surface area (Å²) in [6, 6.07) is 0.602. The molecule has 0 aromatic carbocycles. The van der Waals surface area contributed by atoms with Crippen molar-refractivity contribution in [1.82, 2.24) is 15.1 Å². The van der Waals surface area contributed by atoms with Crippen molar-refractivity contribution < 1.29 is 9.53 Å². The number of ether oxygens (including phenoxy) is 1. The zero-order valence-electron chi connectivity index (χ0n) is 13.7. The Hall–Kier alpha value is -0.650. The summed E-state index contributed by atoms with van der Waals surface area (Å²) in [6.07, 6.45) is 0. The number of piperazine rings is 1. The number of carbonyl (C=O) groups excluding carboxylic acids is 1. The summed E-state index contributed by atoms with van der Waals surface area (Å²) >= 11 is 0. The molecule has 1 rings (SSSR count).